The molecule has 0 spiro atoms. The van der Waals surface area contributed by atoms with Gasteiger partial charge in [0.1, 0.15) is 11.5 Å². The molecule has 0 atom stereocenters. The number of hydrogen-bond donors (Lipinski definition) is 0. The Labute approximate surface area is 161 Å². The highest BCUT2D eigenvalue weighted by Gasteiger charge is 2.14. The Morgan fingerprint density at radius 2 is 2.00 bits per heavy atom. The second kappa shape index (κ2) is 8.95. The molecule has 0 aliphatic heterocycles. The smallest absolute Gasteiger partial charge is 0.206 e. The van der Waals surface area contributed by atoms with Crippen LogP contribution in [0.4, 0.5) is 0 Å². The van der Waals surface area contributed by atoms with E-state index in [4.69, 9.17) is 9.47 Å². The van der Waals surface area contributed by atoms with E-state index >= 15 is 0 Å². The third kappa shape index (κ3) is 4.32. The lowest BCUT2D eigenvalue weighted by Crippen LogP contribution is -2.12. The average molecular weight is 380 g/mol. The number of aromatic nitrogens is 2. The van der Waals surface area contributed by atoms with Gasteiger partial charge in [0.25, 0.3) is 0 Å². The fraction of sp³-hybridized carbons (Fsp3) is 0.150. The molecule has 3 aromatic rings. The lowest BCUT2D eigenvalue weighted by atomic mass is 10.1. The number of thiazole rings is 1. The summed E-state index contributed by atoms with van der Waals surface area (Å²) in [5, 5.41) is 6.65. The highest BCUT2D eigenvalue weighted by Crippen LogP contribution is 2.33. The van der Waals surface area contributed by atoms with Crippen molar-refractivity contribution in [3.05, 3.63) is 71.1 Å². The summed E-state index contributed by atoms with van der Waals surface area (Å²) < 4.78 is 12.7. The molecule has 0 saturated carbocycles. The number of rotatable bonds is 7. The van der Waals surface area contributed by atoms with Crippen LogP contribution >= 0.6 is 11.3 Å². The number of pyridine rings is 1. The van der Waals surface area contributed by atoms with E-state index in [-0.39, 0.29) is 0 Å². The molecular formula is C20H20N4O2S. The Balaban J connectivity index is 2.15. The molecule has 0 bridgehead atoms. The zero-order valence-electron chi connectivity index (χ0n) is 15.2. The first-order valence-electron chi connectivity index (χ1n) is 8.25. The van der Waals surface area contributed by atoms with Crippen molar-refractivity contribution in [3.8, 4) is 22.8 Å². The van der Waals surface area contributed by atoms with Crippen LogP contribution in [0.1, 0.15) is 5.56 Å². The van der Waals surface area contributed by atoms with Crippen molar-refractivity contribution in [2.24, 2.45) is 10.1 Å². The van der Waals surface area contributed by atoms with Gasteiger partial charge in [-0.15, -0.1) is 17.9 Å². The maximum atomic E-state index is 5.54. The zero-order chi connectivity index (χ0) is 19.1. The summed E-state index contributed by atoms with van der Waals surface area (Å²) in [5.41, 5.74) is 2.69. The molecule has 0 aliphatic carbocycles. The van der Waals surface area contributed by atoms with E-state index in [0.29, 0.717) is 6.54 Å². The van der Waals surface area contributed by atoms with E-state index < -0.39 is 0 Å². The molecule has 1 aromatic carbocycles. The maximum Gasteiger partial charge on any atom is 0.206 e. The van der Waals surface area contributed by atoms with Crippen LogP contribution in [0.15, 0.2) is 70.9 Å². The third-order valence-electron chi connectivity index (χ3n) is 3.75. The van der Waals surface area contributed by atoms with Gasteiger partial charge in [-0.1, -0.05) is 6.08 Å². The molecule has 0 saturated heterocycles. The summed E-state index contributed by atoms with van der Waals surface area (Å²) in [6, 6.07) is 9.45. The fourth-order valence-electron chi connectivity index (χ4n) is 2.44. The van der Waals surface area contributed by atoms with Crippen molar-refractivity contribution in [1.29, 1.82) is 0 Å². The topological polar surface area (TPSA) is 61.0 Å². The van der Waals surface area contributed by atoms with Crippen LogP contribution in [0.3, 0.4) is 0 Å². The van der Waals surface area contributed by atoms with Gasteiger partial charge in [-0.2, -0.15) is 5.10 Å². The van der Waals surface area contributed by atoms with Gasteiger partial charge >= 0.3 is 0 Å². The Morgan fingerprint density at radius 1 is 1.19 bits per heavy atom. The van der Waals surface area contributed by atoms with Crippen molar-refractivity contribution in [1.82, 2.24) is 9.66 Å². The standard InChI is InChI=1S/C20H20N4O2S/c1-4-9-22-20-24(23-13-15-7-10-21-11-8-15)18(14-27-20)17-12-16(25-2)5-6-19(17)26-3/h4-8,10-14H,1,9H2,2-3H3. The molecule has 0 aliphatic rings. The van der Waals surface area contributed by atoms with E-state index in [1.807, 2.05) is 35.7 Å². The number of nitrogens with zero attached hydrogens (tertiary/aromatic N) is 4. The lowest BCUT2D eigenvalue weighted by Gasteiger charge is -2.11. The molecule has 2 heterocycles. The number of methoxy groups -OCH3 is 2. The number of benzene rings is 1. The molecule has 0 N–H and O–H groups in total. The minimum Gasteiger partial charge on any atom is -0.497 e. The highest BCUT2D eigenvalue weighted by molar-refractivity contribution is 7.07. The number of ether oxygens (including phenoxy) is 2. The van der Waals surface area contributed by atoms with Crippen molar-refractivity contribution in [3.63, 3.8) is 0 Å². The van der Waals surface area contributed by atoms with E-state index in [1.165, 1.54) is 11.3 Å². The zero-order valence-corrected chi connectivity index (χ0v) is 16.0. The molecule has 27 heavy (non-hydrogen) atoms. The van der Waals surface area contributed by atoms with Gasteiger partial charge in [0.2, 0.25) is 4.80 Å². The Kier molecular flexibility index (Phi) is 6.17. The second-order valence-corrected chi connectivity index (χ2v) is 6.27. The van der Waals surface area contributed by atoms with Crippen LogP contribution in [0.2, 0.25) is 0 Å². The molecule has 0 amide bonds. The molecule has 2 aromatic heterocycles. The van der Waals surface area contributed by atoms with Crippen molar-refractivity contribution >= 4 is 17.6 Å². The van der Waals surface area contributed by atoms with Gasteiger partial charge in [-0.05, 0) is 35.9 Å². The lowest BCUT2D eigenvalue weighted by molar-refractivity contribution is 0.404. The van der Waals surface area contributed by atoms with Crippen LogP contribution < -0.4 is 14.3 Å². The first-order chi connectivity index (χ1) is 13.3. The summed E-state index contributed by atoms with van der Waals surface area (Å²) in [6.45, 7) is 4.25. The van der Waals surface area contributed by atoms with Crippen molar-refractivity contribution in [2.75, 3.05) is 20.8 Å². The highest BCUT2D eigenvalue weighted by atomic mass is 32.1. The first kappa shape index (κ1) is 18.6. The molecule has 3 rings (SSSR count). The van der Waals surface area contributed by atoms with E-state index in [1.54, 1.807) is 43.6 Å². The number of hydrogen-bond acceptors (Lipinski definition) is 6. The quantitative estimate of drug-likeness (QED) is 0.465. The molecule has 0 fully saturated rings. The van der Waals surface area contributed by atoms with Crippen LogP contribution in [0.25, 0.3) is 11.3 Å². The SMILES string of the molecule is C=CCN=c1scc(-c2cc(OC)ccc2OC)n1N=Cc1ccncc1. The summed E-state index contributed by atoms with van der Waals surface area (Å²) in [5.74, 6) is 1.47. The maximum absolute atomic E-state index is 5.54. The minimum absolute atomic E-state index is 0.514. The molecule has 0 unspecified atom stereocenters. The second-order valence-electron chi connectivity index (χ2n) is 5.44. The molecule has 0 radical (unpaired) electrons. The molecule has 138 valence electrons. The predicted octanol–water partition coefficient (Wildman–Crippen LogP) is 3.60. The third-order valence-corrected chi connectivity index (χ3v) is 4.61. The molecule has 6 nitrogen and oxygen atoms in total. The fourth-order valence-corrected chi connectivity index (χ4v) is 3.27. The van der Waals surface area contributed by atoms with E-state index in [0.717, 1.165) is 33.1 Å². The monoisotopic (exact) mass is 380 g/mol. The summed E-state index contributed by atoms with van der Waals surface area (Å²) in [6.07, 6.45) is 6.99. The van der Waals surface area contributed by atoms with Crippen LogP contribution in [-0.4, -0.2) is 36.6 Å². The van der Waals surface area contributed by atoms with Gasteiger partial charge in [-0.25, -0.2) is 4.68 Å². The van der Waals surface area contributed by atoms with Gasteiger partial charge in [0, 0.05) is 23.3 Å². The minimum atomic E-state index is 0.514. The van der Waals surface area contributed by atoms with E-state index in [2.05, 4.69) is 21.7 Å². The van der Waals surface area contributed by atoms with Gasteiger partial charge < -0.3 is 9.47 Å². The first-order valence-corrected chi connectivity index (χ1v) is 9.13. The van der Waals surface area contributed by atoms with Crippen LogP contribution in [0.5, 0.6) is 11.5 Å². The Bertz CT molecular complexity index is 1010. The Hall–Kier alpha value is -3.19. The van der Waals surface area contributed by atoms with Gasteiger partial charge in [0.05, 0.1) is 32.7 Å². The largest absolute Gasteiger partial charge is 0.497 e. The summed E-state index contributed by atoms with van der Waals surface area (Å²) in [4.78, 5) is 9.34. The van der Waals surface area contributed by atoms with Crippen molar-refractivity contribution in [2.45, 2.75) is 0 Å². The normalized spacial score (nSPS) is 11.7. The van der Waals surface area contributed by atoms with E-state index in [9.17, 15) is 0 Å². The van der Waals surface area contributed by atoms with Crippen molar-refractivity contribution < 1.29 is 9.47 Å². The summed E-state index contributed by atoms with van der Waals surface area (Å²) in [7, 11) is 3.28. The van der Waals surface area contributed by atoms with Crippen LogP contribution in [0, 0.1) is 0 Å². The molecule has 7 heteroatoms. The molecular weight excluding hydrogens is 360 g/mol. The Morgan fingerprint density at radius 3 is 2.70 bits per heavy atom. The average Bonchev–Trinajstić information content (AvgIpc) is 3.13. The van der Waals surface area contributed by atoms with Crippen LogP contribution in [-0.2, 0) is 0 Å². The predicted molar refractivity (Wildman–Crippen MR) is 109 cm³/mol. The summed E-state index contributed by atoms with van der Waals surface area (Å²) >= 11 is 1.50. The van der Waals surface area contributed by atoms with Gasteiger partial charge in [0.15, 0.2) is 0 Å². The van der Waals surface area contributed by atoms with Gasteiger partial charge in [-0.3, -0.25) is 9.98 Å².